The first-order valence-electron chi connectivity index (χ1n) is 7.59. The zero-order valence-electron chi connectivity index (χ0n) is 11.9. The summed E-state index contributed by atoms with van der Waals surface area (Å²) in [7, 11) is 0. The second kappa shape index (κ2) is 5.48. The molecule has 2 aromatic rings. The van der Waals surface area contributed by atoms with Crippen LogP contribution in [-0.4, -0.2) is 29.5 Å². The predicted octanol–water partition coefficient (Wildman–Crippen LogP) is 2.78. The highest BCUT2D eigenvalue weighted by Crippen LogP contribution is 2.29. The van der Waals surface area contributed by atoms with E-state index in [2.05, 4.69) is 16.2 Å². The summed E-state index contributed by atoms with van der Waals surface area (Å²) in [5.41, 5.74) is 2.20. The molecule has 1 unspecified atom stereocenters. The Labute approximate surface area is 123 Å². The quantitative estimate of drug-likeness (QED) is 0.868. The first-order chi connectivity index (χ1) is 10.4. The van der Waals surface area contributed by atoms with Gasteiger partial charge in [-0.15, -0.1) is 0 Å². The van der Waals surface area contributed by atoms with Gasteiger partial charge in [0.25, 0.3) is 0 Å². The lowest BCUT2D eigenvalue weighted by Gasteiger charge is -2.20. The minimum absolute atomic E-state index is 0.223. The smallest absolute Gasteiger partial charge is 0.229 e. The Morgan fingerprint density at radius 3 is 3.10 bits per heavy atom. The molecule has 0 amide bonds. The van der Waals surface area contributed by atoms with Crippen LogP contribution in [0.4, 0.5) is 0 Å². The first kappa shape index (κ1) is 12.8. The fraction of sp³-hybridized carbons (Fsp3) is 0.500. The van der Waals surface area contributed by atoms with E-state index in [1.54, 1.807) is 0 Å². The Morgan fingerprint density at radius 2 is 2.19 bits per heavy atom. The van der Waals surface area contributed by atoms with Gasteiger partial charge in [-0.3, -0.25) is 0 Å². The van der Waals surface area contributed by atoms with Crippen LogP contribution in [0.3, 0.4) is 0 Å². The van der Waals surface area contributed by atoms with Gasteiger partial charge >= 0.3 is 0 Å². The topological polar surface area (TPSA) is 57.4 Å². The van der Waals surface area contributed by atoms with Crippen molar-refractivity contribution in [3.63, 3.8) is 0 Å². The van der Waals surface area contributed by atoms with Crippen molar-refractivity contribution in [1.82, 2.24) is 10.1 Å². The van der Waals surface area contributed by atoms with E-state index in [1.807, 2.05) is 12.1 Å². The lowest BCUT2D eigenvalue weighted by Crippen LogP contribution is -2.21. The maximum absolute atomic E-state index is 5.71. The fourth-order valence-electron chi connectivity index (χ4n) is 2.94. The highest BCUT2D eigenvalue weighted by molar-refractivity contribution is 5.59. The predicted molar refractivity (Wildman–Crippen MR) is 76.2 cm³/mol. The van der Waals surface area contributed by atoms with Gasteiger partial charge in [0.05, 0.1) is 19.1 Å². The minimum Gasteiger partial charge on any atom is -0.493 e. The maximum atomic E-state index is 5.71. The first-order valence-corrected chi connectivity index (χ1v) is 7.59. The van der Waals surface area contributed by atoms with E-state index in [9.17, 15) is 0 Å². The lowest BCUT2D eigenvalue weighted by molar-refractivity contribution is 0.0124. The third kappa shape index (κ3) is 2.65. The highest BCUT2D eigenvalue weighted by atomic mass is 16.5. The van der Waals surface area contributed by atoms with Gasteiger partial charge in [0, 0.05) is 18.6 Å². The lowest BCUT2D eigenvalue weighted by atomic mass is 10.1. The average Bonchev–Trinajstić information content (AvgIpc) is 3.16. The van der Waals surface area contributed by atoms with Crippen molar-refractivity contribution in [2.24, 2.45) is 0 Å². The number of benzene rings is 1. The number of aromatic nitrogens is 2. The third-order valence-corrected chi connectivity index (χ3v) is 4.09. The molecule has 0 bridgehead atoms. The van der Waals surface area contributed by atoms with Crippen LogP contribution >= 0.6 is 0 Å². The standard InChI is InChI=1S/C16H18N2O3/c1-2-7-19-13(3-1)10-15-17-16(18-21-15)12-4-5-14-11(9-12)6-8-20-14/h4-5,9,13H,1-3,6-8,10H2. The van der Waals surface area contributed by atoms with Gasteiger partial charge in [-0.2, -0.15) is 4.98 Å². The van der Waals surface area contributed by atoms with E-state index in [0.29, 0.717) is 18.1 Å². The van der Waals surface area contributed by atoms with Gasteiger partial charge in [-0.25, -0.2) is 0 Å². The van der Waals surface area contributed by atoms with E-state index >= 15 is 0 Å². The average molecular weight is 286 g/mol. The minimum atomic E-state index is 0.223. The summed E-state index contributed by atoms with van der Waals surface area (Å²) in [5, 5.41) is 4.09. The van der Waals surface area contributed by atoms with Crippen LogP contribution in [0.2, 0.25) is 0 Å². The van der Waals surface area contributed by atoms with Gasteiger partial charge < -0.3 is 14.0 Å². The van der Waals surface area contributed by atoms with Gasteiger partial charge in [0.2, 0.25) is 11.7 Å². The normalized spacial score (nSPS) is 21.0. The molecule has 21 heavy (non-hydrogen) atoms. The summed E-state index contributed by atoms with van der Waals surface area (Å²) in [4.78, 5) is 4.50. The van der Waals surface area contributed by atoms with E-state index in [4.69, 9.17) is 14.0 Å². The van der Waals surface area contributed by atoms with Crippen LogP contribution < -0.4 is 4.74 Å². The highest BCUT2D eigenvalue weighted by Gasteiger charge is 2.19. The Bertz CT molecular complexity index is 632. The molecular weight excluding hydrogens is 268 g/mol. The van der Waals surface area contributed by atoms with E-state index < -0.39 is 0 Å². The molecule has 1 fully saturated rings. The summed E-state index contributed by atoms with van der Waals surface area (Å²) in [6.45, 7) is 1.60. The summed E-state index contributed by atoms with van der Waals surface area (Å²) in [6.07, 6.45) is 5.33. The molecule has 2 aliphatic rings. The molecule has 1 aromatic heterocycles. The number of hydrogen-bond donors (Lipinski definition) is 0. The molecule has 0 saturated carbocycles. The largest absolute Gasteiger partial charge is 0.493 e. The van der Waals surface area contributed by atoms with Crippen molar-refractivity contribution in [2.45, 2.75) is 38.2 Å². The monoisotopic (exact) mass is 286 g/mol. The van der Waals surface area contributed by atoms with Gasteiger partial charge in [-0.05, 0) is 43.0 Å². The van der Waals surface area contributed by atoms with Crippen molar-refractivity contribution in [3.8, 4) is 17.1 Å². The molecule has 4 rings (SSSR count). The van der Waals surface area contributed by atoms with E-state index in [0.717, 1.165) is 43.8 Å². The molecular formula is C16H18N2O3. The Balaban J connectivity index is 1.51. The van der Waals surface area contributed by atoms with Crippen LogP contribution in [0.5, 0.6) is 5.75 Å². The van der Waals surface area contributed by atoms with Crippen molar-refractivity contribution in [1.29, 1.82) is 0 Å². The molecule has 0 radical (unpaired) electrons. The van der Waals surface area contributed by atoms with Gasteiger partial charge in [0.15, 0.2) is 0 Å². The Morgan fingerprint density at radius 1 is 1.19 bits per heavy atom. The maximum Gasteiger partial charge on any atom is 0.229 e. The molecule has 2 aliphatic heterocycles. The molecule has 5 nitrogen and oxygen atoms in total. The van der Waals surface area contributed by atoms with Crippen molar-refractivity contribution in [3.05, 3.63) is 29.7 Å². The number of fused-ring (bicyclic) bond motifs is 1. The summed E-state index contributed by atoms with van der Waals surface area (Å²) < 4.78 is 16.6. The van der Waals surface area contributed by atoms with Gasteiger partial charge in [-0.1, -0.05) is 5.16 Å². The number of rotatable bonds is 3. The summed E-state index contributed by atoms with van der Waals surface area (Å²) in [6, 6.07) is 6.06. The number of ether oxygens (including phenoxy) is 2. The zero-order chi connectivity index (χ0) is 14.1. The number of hydrogen-bond acceptors (Lipinski definition) is 5. The Kier molecular flexibility index (Phi) is 3.35. The van der Waals surface area contributed by atoms with Crippen molar-refractivity contribution >= 4 is 0 Å². The van der Waals surface area contributed by atoms with Crippen LogP contribution in [0.25, 0.3) is 11.4 Å². The molecule has 0 N–H and O–H groups in total. The summed E-state index contributed by atoms with van der Waals surface area (Å²) >= 11 is 0. The molecule has 1 atom stereocenters. The fourth-order valence-corrected chi connectivity index (χ4v) is 2.94. The third-order valence-electron chi connectivity index (χ3n) is 4.09. The molecule has 0 aliphatic carbocycles. The van der Waals surface area contributed by atoms with Crippen LogP contribution in [0.15, 0.2) is 22.7 Å². The van der Waals surface area contributed by atoms with E-state index in [1.165, 1.54) is 12.0 Å². The molecule has 5 heteroatoms. The second-order valence-corrected chi connectivity index (χ2v) is 5.63. The van der Waals surface area contributed by atoms with Crippen molar-refractivity contribution < 1.29 is 14.0 Å². The Hall–Kier alpha value is -1.88. The SMILES string of the molecule is c1cc2c(cc1-c1noc(CC3CCCCO3)n1)CCO2. The van der Waals surface area contributed by atoms with Crippen molar-refractivity contribution in [2.75, 3.05) is 13.2 Å². The van der Waals surface area contributed by atoms with Crippen LogP contribution in [0, 0.1) is 0 Å². The molecule has 1 saturated heterocycles. The second-order valence-electron chi connectivity index (χ2n) is 5.63. The molecule has 110 valence electrons. The molecule has 0 spiro atoms. The van der Waals surface area contributed by atoms with Crippen LogP contribution in [-0.2, 0) is 17.6 Å². The molecule has 1 aromatic carbocycles. The van der Waals surface area contributed by atoms with Crippen LogP contribution in [0.1, 0.15) is 30.7 Å². The van der Waals surface area contributed by atoms with E-state index in [-0.39, 0.29) is 6.10 Å². The number of nitrogens with zero attached hydrogens (tertiary/aromatic N) is 2. The molecule has 3 heterocycles. The van der Waals surface area contributed by atoms with Gasteiger partial charge in [0.1, 0.15) is 5.75 Å². The summed E-state index contributed by atoms with van der Waals surface area (Å²) in [5.74, 6) is 2.28. The zero-order valence-corrected chi connectivity index (χ0v) is 11.9.